The third-order valence-corrected chi connectivity index (χ3v) is 6.05. The van der Waals surface area contributed by atoms with Crippen LogP contribution in [-0.4, -0.2) is 58.8 Å². The monoisotopic (exact) mass is 460 g/mol. The van der Waals surface area contributed by atoms with Crippen molar-refractivity contribution in [2.45, 2.75) is 46.3 Å². The number of nitrogens with one attached hydrogen (secondary N) is 1. The minimum atomic E-state index is -0.837. The van der Waals surface area contributed by atoms with Gasteiger partial charge in [0.1, 0.15) is 10.7 Å². The maximum absolute atomic E-state index is 13.0. The molecular formula is C23H28N2O6S. The second kappa shape index (κ2) is 8.99. The van der Waals surface area contributed by atoms with Crippen molar-refractivity contribution in [3.8, 4) is 0 Å². The average molecular weight is 461 g/mol. The van der Waals surface area contributed by atoms with Crippen LogP contribution in [0.4, 0.5) is 0 Å². The number of rotatable bonds is 6. The number of β-lactam (4-membered cyclic amide) rings is 1. The normalized spacial score (nSPS) is 20.9. The number of aliphatic hydroxyl groups is 1. The molecule has 3 atom stereocenters. The predicted molar refractivity (Wildman–Crippen MR) is 121 cm³/mol. The van der Waals surface area contributed by atoms with Crippen molar-refractivity contribution in [1.82, 2.24) is 10.2 Å². The number of carbonyl (C=O) groups is 3. The summed E-state index contributed by atoms with van der Waals surface area (Å²) in [6.45, 7) is 6.08. The van der Waals surface area contributed by atoms with Gasteiger partial charge in [0.15, 0.2) is 0 Å². The lowest BCUT2D eigenvalue weighted by molar-refractivity contribution is -0.175. The van der Waals surface area contributed by atoms with Gasteiger partial charge in [0.2, 0.25) is 12.7 Å². The molecule has 2 heterocycles. The predicted octanol–water partition coefficient (Wildman–Crippen LogP) is 1.99. The van der Waals surface area contributed by atoms with E-state index in [-0.39, 0.29) is 17.6 Å². The summed E-state index contributed by atoms with van der Waals surface area (Å²) in [4.78, 5) is 39.6. The zero-order valence-electron chi connectivity index (χ0n) is 18.8. The average Bonchev–Trinajstić information content (AvgIpc) is 3.07. The summed E-state index contributed by atoms with van der Waals surface area (Å²) >= 11 is 5.31. The van der Waals surface area contributed by atoms with Crippen molar-refractivity contribution in [3.05, 3.63) is 41.1 Å². The van der Waals surface area contributed by atoms with Gasteiger partial charge in [-0.25, -0.2) is 4.79 Å². The zero-order chi connectivity index (χ0) is 23.8. The van der Waals surface area contributed by atoms with E-state index < -0.39 is 36.2 Å². The number of hydrogen-bond acceptors (Lipinski definition) is 7. The number of nitrogens with zero attached hydrogens (tertiary/aromatic N) is 1. The minimum Gasteiger partial charge on any atom is -0.427 e. The number of esters is 2. The van der Waals surface area contributed by atoms with Gasteiger partial charge in [-0.05, 0) is 51.3 Å². The molecular weight excluding hydrogens is 432 g/mol. The third kappa shape index (κ3) is 4.40. The lowest BCUT2D eigenvalue weighted by Gasteiger charge is -2.44. The van der Waals surface area contributed by atoms with Crippen LogP contribution in [0.1, 0.15) is 45.2 Å². The highest BCUT2D eigenvalue weighted by molar-refractivity contribution is 7.80. The lowest BCUT2D eigenvalue weighted by Crippen LogP contribution is -2.61. The van der Waals surface area contributed by atoms with E-state index in [4.69, 9.17) is 21.7 Å². The maximum Gasteiger partial charge on any atom is 0.358 e. The first-order valence-electron chi connectivity index (χ1n) is 10.4. The zero-order valence-corrected chi connectivity index (χ0v) is 19.6. The second-order valence-corrected chi connectivity index (χ2v) is 9.37. The summed E-state index contributed by atoms with van der Waals surface area (Å²) in [5.41, 5.74) is 1.49. The Bertz CT molecular complexity index is 994. The van der Waals surface area contributed by atoms with Crippen LogP contribution in [0.25, 0.3) is 5.57 Å². The van der Waals surface area contributed by atoms with Gasteiger partial charge >= 0.3 is 11.9 Å². The SMILES string of the molecule is CNC(=S)c1cccc(C2=C(C(=O)OCOC(=O)C(C)(C)C)N3C(=O)C(C(C)O)C3C2)c1. The van der Waals surface area contributed by atoms with Crippen molar-refractivity contribution >= 4 is 40.6 Å². The van der Waals surface area contributed by atoms with Crippen molar-refractivity contribution < 1.29 is 29.0 Å². The largest absolute Gasteiger partial charge is 0.427 e. The summed E-state index contributed by atoms with van der Waals surface area (Å²) in [6.07, 6.45) is -0.445. The van der Waals surface area contributed by atoms with Gasteiger partial charge in [0.25, 0.3) is 0 Å². The molecule has 8 nitrogen and oxygen atoms in total. The van der Waals surface area contributed by atoms with E-state index in [0.29, 0.717) is 17.0 Å². The molecule has 1 saturated heterocycles. The number of aliphatic hydroxyl groups excluding tert-OH is 1. The number of fused-ring (bicyclic) bond motifs is 1. The molecule has 2 N–H and O–H groups in total. The third-order valence-electron chi connectivity index (χ3n) is 5.61. The fourth-order valence-corrected chi connectivity index (χ4v) is 4.06. The topological polar surface area (TPSA) is 105 Å². The number of amides is 1. The van der Waals surface area contributed by atoms with Crippen LogP contribution in [0.3, 0.4) is 0 Å². The van der Waals surface area contributed by atoms with E-state index in [9.17, 15) is 19.5 Å². The molecule has 1 amide bonds. The van der Waals surface area contributed by atoms with Gasteiger partial charge in [-0.15, -0.1) is 0 Å². The number of hydrogen-bond donors (Lipinski definition) is 2. The van der Waals surface area contributed by atoms with Crippen molar-refractivity contribution in [2.24, 2.45) is 11.3 Å². The quantitative estimate of drug-likeness (QED) is 0.287. The first-order valence-corrected chi connectivity index (χ1v) is 10.8. The second-order valence-electron chi connectivity index (χ2n) is 8.96. The van der Waals surface area contributed by atoms with Crippen molar-refractivity contribution in [3.63, 3.8) is 0 Å². The van der Waals surface area contributed by atoms with Crippen LogP contribution >= 0.6 is 12.2 Å². The first-order chi connectivity index (χ1) is 15.0. The summed E-state index contributed by atoms with van der Waals surface area (Å²) in [5, 5.41) is 13.0. The van der Waals surface area contributed by atoms with Gasteiger partial charge in [-0.1, -0.05) is 30.4 Å². The Balaban J connectivity index is 1.90. The minimum absolute atomic E-state index is 0.108. The highest BCUT2D eigenvalue weighted by atomic mass is 32.1. The molecule has 0 saturated carbocycles. The van der Waals surface area contributed by atoms with Gasteiger partial charge in [0, 0.05) is 12.6 Å². The molecule has 3 unspecified atom stereocenters. The van der Waals surface area contributed by atoms with Crippen molar-refractivity contribution in [1.29, 1.82) is 0 Å². The summed E-state index contributed by atoms with van der Waals surface area (Å²) in [5.74, 6) is -2.19. The molecule has 1 aromatic rings. The molecule has 172 valence electrons. The van der Waals surface area contributed by atoms with E-state index in [1.165, 1.54) is 4.90 Å². The van der Waals surface area contributed by atoms with Crippen LogP contribution in [0.5, 0.6) is 0 Å². The Morgan fingerprint density at radius 2 is 2.00 bits per heavy atom. The van der Waals surface area contributed by atoms with Gasteiger partial charge in [-0.2, -0.15) is 0 Å². The summed E-state index contributed by atoms with van der Waals surface area (Å²) < 4.78 is 10.2. The Labute approximate surface area is 192 Å². The Morgan fingerprint density at radius 3 is 2.59 bits per heavy atom. The lowest BCUT2D eigenvalue weighted by atomic mass is 9.82. The fraction of sp³-hybridized carbons (Fsp3) is 0.478. The Morgan fingerprint density at radius 1 is 1.31 bits per heavy atom. The molecule has 1 aromatic carbocycles. The Hall–Kier alpha value is -2.78. The fourth-order valence-electron chi connectivity index (χ4n) is 3.93. The molecule has 0 bridgehead atoms. The van der Waals surface area contributed by atoms with Gasteiger partial charge < -0.3 is 24.8 Å². The van der Waals surface area contributed by atoms with Gasteiger partial charge in [0.05, 0.1) is 23.5 Å². The number of ether oxygens (including phenoxy) is 2. The smallest absolute Gasteiger partial charge is 0.358 e. The molecule has 32 heavy (non-hydrogen) atoms. The number of thiocarbonyl (C=S) groups is 1. The molecule has 2 aliphatic heterocycles. The van der Waals surface area contributed by atoms with Gasteiger partial charge in [-0.3, -0.25) is 9.59 Å². The maximum atomic E-state index is 13.0. The van der Waals surface area contributed by atoms with Crippen molar-refractivity contribution in [2.75, 3.05) is 13.8 Å². The van der Waals surface area contributed by atoms with E-state index in [1.54, 1.807) is 34.7 Å². The van der Waals surface area contributed by atoms with E-state index in [1.807, 2.05) is 24.3 Å². The summed E-state index contributed by atoms with van der Waals surface area (Å²) in [7, 11) is 1.73. The highest BCUT2D eigenvalue weighted by Crippen LogP contribution is 2.47. The molecule has 1 fully saturated rings. The van der Waals surface area contributed by atoms with Crippen LogP contribution in [-0.2, 0) is 23.9 Å². The molecule has 0 spiro atoms. The molecule has 0 radical (unpaired) electrons. The van der Waals surface area contributed by atoms with Crippen LogP contribution in [0.2, 0.25) is 0 Å². The molecule has 0 aromatic heterocycles. The number of carbonyl (C=O) groups excluding carboxylic acids is 3. The molecule has 0 aliphatic carbocycles. The molecule has 3 rings (SSSR count). The Kier molecular flexibility index (Phi) is 6.71. The highest BCUT2D eigenvalue weighted by Gasteiger charge is 2.57. The molecule has 9 heteroatoms. The first kappa shape index (κ1) is 23.9. The number of benzene rings is 1. The van der Waals surface area contributed by atoms with E-state index in [2.05, 4.69) is 5.32 Å². The van der Waals surface area contributed by atoms with E-state index in [0.717, 1.165) is 11.1 Å². The van der Waals surface area contributed by atoms with Crippen LogP contribution < -0.4 is 5.32 Å². The van der Waals surface area contributed by atoms with Crippen LogP contribution in [0.15, 0.2) is 30.0 Å². The summed E-state index contributed by atoms with van der Waals surface area (Å²) in [6, 6.07) is 7.00. The van der Waals surface area contributed by atoms with Crippen LogP contribution in [0, 0.1) is 11.3 Å². The standard InChI is InChI=1S/C23H28N2O6S/c1-12(26)17-16-10-15(13-7-6-8-14(9-13)19(32)24-5)18(25(16)20(17)27)21(28)30-11-31-22(29)23(2,3)4/h6-9,12,16-17,26H,10-11H2,1-5H3,(H,24,32). The molecule has 2 aliphatic rings. The van der Waals surface area contributed by atoms with E-state index >= 15 is 0 Å².